The van der Waals surface area contributed by atoms with Gasteiger partial charge in [-0.15, -0.1) is 0 Å². The summed E-state index contributed by atoms with van der Waals surface area (Å²) < 4.78 is 4.81. The molecule has 0 aromatic carbocycles. The minimum atomic E-state index is -1.15. The highest BCUT2D eigenvalue weighted by atomic mass is 16.5. The fourth-order valence-corrected chi connectivity index (χ4v) is 1.25. The molecule has 2 aromatic heterocycles. The van der Waals surface area contributed by atoms with E-state index in [1.807, 2.05) is 0 Å². The van der Waals surface area contributed by atoms with Crippen molar-refractivity contribution in [3.63, 3.8) is 0 Å². The third-order valence-electron chi connectivity index (χ3n) is 1.98. The molecule has 0 aliphatic rings. The van der Waals surface area contributed by atoms with E-state index >= 15 is 0 Å². The second-order valence-electron chi connectivity index (χ2n) is 3.02. The van der Waals surface area contributed by atoms with Gasteiger partial charge in [0.15, 0.2) is 5.69 Å². The normalized spacial score (nSPS) is 9.94. The van der Waals surface area contributed by atoms with Crippen molar-refractivity contribution in [3.05, 3.63) is 30.5 Å². The number of nitrogens with zero attached hydrogens (tertiary/aromatic N) is 4. The molecule has 0 atom stereocenters. The number of carboxylic acid groups (broad SMARTS) is 1. The van der Waals surface area contributed by atoms with Crippen LogP contribution in [0, 0.1) is 0 Å². The average molecular weight is 232 g/mol. The third kappa shape index (κ3) is 2.17. The van der Waals surface area contributed by atoms with Crippen LogP contribution < -0.4 is 4.74 Å². The lowest BCUT2D eigenvalue weighted by atomic mass is 10.2. The summed E-state index contributed by atoms with van der Waals surface area (Å²) in [6, 6.07) is 0.203. The van der Waals surface area contributed by atoms with Gasteiger partial charge in [0.1, 0.15) is 5.69 Å². The van der Waals surface area contributed by atoms with Crippen LogP contribution in [0.2, 0.25) is 0 Å². The SMILES string of the molecule is COc1ncc(-c2nccnc2C(=O)O)cn1. The van der Waals surface area contributed by atoms with Gasteiger partial charge in [-0.25, -0.2) is 19.7 Å². The highest BCUT2D eigenvalue weighted by Gasteiger charge is 2.14. The lowest BCUT2D eigenvalue weighted by Crippen LogP contribution is -2.05. The molecule has 2 heterocycles. The minimum Gasteiger partial charge on any atom is -0.476 e. The summed E-state index contributed by atoms with van der Waals surface area (Å²) in [4.78, 5) is 26.4. The van der Waals surface area contributed by atoms with Crippen LogP contribution in [0.3, 0.4) is 0 Å². The van der Waals surface area contributed by atoms with Crippen LogP contribution in [0.15, 0.2) is 24.8 Å². The van der Waals surface area contributed by atoms with Crippen LogP contribution in [-0.2, 0) is 0 Å². The van der Waals surface area contributed by atoms with Crippen LogP contribution in [0.1, 0.15) is 10.5 Å². The van der Waals surface area contributed by atoms with Crippen molar-refractivity contribution in [2.75, 3.05) is 7.11 Å². The quantitative estimate of drug-likeness (QED) is 0.828. The first kappa shape index (κ1) is 10.9. The Balaban J connectivity index is 2.48. The predicted molar refractivity (Wildman–Crippen MR) is 56.6 cm³/mol. The largest absolute Gasteiger partial charge is 0.476 e. The number of carbonyl (C=O) groups is 1. The monoisotopic (exact) mass is 232 g/mol. The molecule has 7 nitrogen and oxygen atoms in total. The number of aromatic nitrogens is 4. The van der Waals surface area contributed by atoms with Gasteiger partial charge in [-0.2, -0.15) is 0 Å². The molecule has 0 bridgehead atoms. The van der Waals surface area contributed by atoms with E-state index < -0.39 is 5.97 Å². The number of aromatic carboxylic acids is 1. The standard InChI is InChI=1S/C10H8N4O3/c1-17-10-13-4-6(5-14-10)7-8(9(15)16)12-3-2-11-7/h2-5H,1H3,(H,15,16). The number of hydrogen-bond acceptors (Lipinski definition) is 6. The molecule has 0 aliphatic carbocycles. The average Bonchev–Trinajstić information content (AvgIpc) is 2.39. The Morgan fingerprint density at radius 2 is 1.82 bits per heavy atom. The summed E-state index contributed by atoms with van der Waals surface area (Å²) >= 11 is 0. The van der Waals surface area contributed by atoms with Crippen LogP contribution in [0.25, 0.3) is 11.3 Å². The maximum absolute atomic E-state index is 11.0. The Bertz CT molecular complexity index is 542. The maximum Gasteiger partial charge on any atom is 0.356 e. The van der Waals surface area contributed by atoms with Crippen molar-refractivity contribution in [1.82, 2.24) is 19.9 Å². The molecule has 0 saturated carbocycles. The zero-order chi connectivity index (χ0) is 12.3. The summed E-state index contributed by atoms with van der Waals surface area (Å²) in [7, 11) is 1.44. The predicted octanol–water partition coefficient (Wildman–Crippen LogP) is 0.640. The van der Waals surface area contributed by atoms with Gasteiger partial charge in [0.05, 0.1) is 7.11 Å². The van der Waals surface area contributed by atoms with E-state index in [0.717, 1.165) is 0 Å². The molecule has 0 fully saturated rings. The minimum absolute atomic E-state index is 0.138. The molecule has 7 heteroatoms. The van der Waals surface area contributed by atoms with E-state index in [9.17, 15) is 4.79 Å². The topological polar surface area (TPSA) is 98.1 Å². The van der Waals surface area contributed by atoms with Crippen molar-refractivity contribution in [3.8, 4) is 17.3 Å². The van der Waals surface area contributed by atoms with E-state index in [1.54, 1.807) is 0 Å². The van der Waals surface area contributed by atoms with Gasteiger partial charge in [0.25, 0.3) is 0 Å². The van der Waals surface area contributed by atoms with Crippen molar-refractivity contribution in [1.29, 1.82) is 0 Å². The fraction of sp³-hybridized carbons (Fsp3) is 0.100. The Hall–Kier alpha value is -2.57. The van der Waals surface area contributed by atoms with Gasteiger partial charge in [-0.05, 0) is 0 Å². The molecule has 17 heavy (non-hydrogen) atoms. The highest BCUT2D eigenvalue weighted by Crippen LogP contribution is 2.18. The Morgan fingerprint density at radius 3 is 2.41 bits per heavy atom. The Labute approximate surface area is 96.2 Å². The second kappa shape index (κ2) is 4.52. The van der Waals surface area contributed by atoms with Gasteiger partial charge in [-0.1, -0.05) is 0 Å². The molecule has 0 unspecified atom stereocenters. The molecule has 0 aliphatic heterocycles. The summed E-state index contributed by atoms with van der Waals surface area (Å²) in [6.45, 7) is 0. The molecule has 0 spiro atoms. The van der Waals surface area contributed by atoms with Crippen molar-refractivity contribution >= 4 is 5.97 Å². The van der Waals surface area contributed by atoms with Crippen LogP contribution in [-0.4, -0.2) is 38.1 Å². The molecule has 0 amide bonds. The highest BCUT2D eigenvalue weighted by molar-refractivity contribution is 5.92. The lowest BCUT2D eigenvalue weighted by Gasteiger charge is -2.03. The van der Waals surface area contributed by atoms with Crippen LogP contribution >= 0.6 is 0 Å². The van der Waals surface area contributed by atoms with Crippen molar-refractivity contribution < 1.29 is 14.6 Å². The molecule has 1 N–H and O–H groups in total. The fourth-order valence-electron chi connectivity index (χ4n) is 1.25. The molecule has 2 aromatic rings. The molecule has 0 saturated heterocycles. The maximum atomic E-state index is 11.0. The van der Waals surface area contributed by atoms with Gasteiger partial charge in [0, 0.05) is 30.4 Å². The van der Waals surface area contributed by atoms with Gasteiger partial charge in [0.2, 0.25) is 0 Å². The zero-order valence-corrected chi connectivity index (χ0v) is 8.86. The molecular formula is C10H8N4O3. The van der Waals surface area contributed by atoms with E-state index in [4.69, 9.17) is 9.84 Å². The summed E-state index contributed by atoms with van der Waals surface area (Å²) in [6.07, 6.45) is 5.59. The smallest absolute Gasteiger partial charge is 0.356 e. The first-order valence-corrected chi connectivity index (χ1v) is 4.63. The Morgan fingerprint density at radius 1 is 1.18 bits per heavy atom. The van der Waals surface area contributed by atoms with E-state index in [1.165, 1.54) is 31.9 Å². The molecular weight excluding hydrogens is 224 g/mol. The van der Waals surface area contributed by atoms with Gasteiger partial charge in [-0.3, -0.25) is 4.98 Å². The summed E-state index contributed by atoms with van der Waals surface area (Å²) in [5.74, 6) is -1.15. The number of ether oxygens (including phenoxy) is 1. The zero-order valence-electron chi connectivity index (χ0n) is 8.86. The van der Waals surface area contributed by atoms with Crippen LogP contribution in [0.4, 0.5) is 0 Å². The van der Waals surface area contributed by atoms with E-state index in [2.05, 4.69) is 19.9 Å². The van der Waals surface area contributed by atoms with Crippen molar-refractivity contribution in [2.45, 2.75) is 0 Å². The first-order chi connectivity index (χ1) is 8.22. The van der Waals surface area contributed by atoms with Gasteiger partial charge < -0.3 is 9.84 Å². The number of rotatable bonds is 3. The van der Waals surface area contributed by atoms with Crippen molar-refractivity contribution in [2.24, 2.45) is 0 Å². The summed E-state index contributed by atoms with van der Waals surface area (Å²) in [5.41, 5.74) is 0.556. The molecule has 86 valence electrons. The number of methoxy groups -OCH3 is 1. The second-order valence-corrected chi connectivity index (χ2v) is 3.02. The van der Waals surface area contributed by atoms with E-state index in [0.29, 0.717) is 5.56 Å². The molecule has 0 radical (unpaired) electrons. The number of hydrogen-bond donors (Lipinski definition) is 1. The third-order valence-corrected chi connectivity index (χ3v) is 1.98. The number of carboxylic acids is 1. The Kier molecular flexibility index (Phi) is 2.91. The summed E-state index contributed by atoms with van der Waals surface area (Å²) in [5, 5.41) is 8.96. The van der Waals surface area contributed by atoms with Crippen LogP contribution in [0.5, 0.6) is 6.01 Å². The first-order valence-electron chi connectivity index (χ1n) is 4.63. The van der Waals surface area contributed by atoms with E-state index in [-0.39, 0.29) is 17.4 Å². The van der Waals surface area contributed by atoms with Gasteiger partial charge >= 0.3 is 12.0 Å². The molecule has 2 rings (SSSR count). The lowest BCUT2D eigenvalue weighted by molar-refractivity contribution is 0.0691.